The SMILES string of the molecule is CC(C)Nc1cc(Nc2cc3nsnc3cc2F)ncc1C(=O)NC[C@@H](F)C(C)(C)O. The van der Waals surface area contributed by atoms with Gasteiger partial charge in [-0.2, -0.15) is 8.75 Å². The van der Waals surface area contributed by atoms with Gasteiger partial charge in [0.25, 0.3) is 5.91 Å². The zero-order chi connectivity index (χ0) is 22.8. The van der Waals surface area contributed by atoms with Crippen molar-refractivity contribution in [3.63, 3.8) is 0 Å². The third-order valence-corrected chi connectivity index (χ3v) is 4.96. The van der Waals surface area contributed by atoms with Crippen LogP contribution in [0.2, 0.25) is 0 Å². The third kappa shape index (κ3) is 5.61. The Morgan fingerprint density at radius 3 is 2.52 bits per heavy atom. The lowest BCUT2D eigenvalue weighted by atomic mass is 10.0. The van der Waals surface area contributed by atoms with Gasteiger partial charge in [-0.15, -0.1) is 0 Å². The van der Waals surface area contributed by atoms with Gasteiger partial charge in [0.1, 0.15) is 28.8 Å². The summed E-state index contributed by atoms with van der Waals surface area (Å²) >= 11 is 0.992. The molecule has 3 aromatic rings. The van der Waals surface area contributed by atoms with Gasteiger partial charge in [0.15, 0.2) is 0 Å². The van der Waals surface area contributed by atoms with Crippen LogP contribution in [0.25, 0.3) is 11.0 Å². The lowest BCUT2D eigenvalue weighted by Gasteiger charge is -2.23. The first-order valence-corrected chi connectivity index (χ1v) is 10.4. The molecule has 0 aliphatic rings. The number of carbonyl (C=O) groups excluding carboxylic acids is 1. The van der Waals surface area contributed by atoms with Crippen LogP contribution in [0, 0.1) is 5.82 Å². The fourth-order valence-corrected chi connectivity index (χ4v) is 3.21. The molecule has 166 valence electrons. The van der Waals surface area contributed by atoms with Gasteiger partial charge in [0, 0.05) is 24.4 Å². The second-order valence-electron chi connectivity index (χ2n) is 7.96. The molecule has 31 heavy (non-hydrogen) atoms. The number of rotatable bonds is 8. The number of aromatic nitrogens is 3. The molecule has 1 amide bonds. The van der Waals surface area contributed by atoms with Crippen LogP contribution in [-0.4, -0.2) is 49.1 Å². The molecule has 0 saturated heterocycles. The molecule has 0 spiro atoms. The second-order valence-corrected chi connectivity index (χ2v) is 8.48. The number of carbonyl (C=O) groups is 1. The van der Waals surface area contributed by atoms with Gasteiger partial charge in [0.2, 0.25) is 0 Å². The molecular weight excluding hydrogens is 426 g/mol. The van der Waals surface area contributed by atoms with Crippen LogP contribution in [-0.2, 0) is 0 Å². The van der Waals surface area contributed by atoms with Gasteiger partial charge in [-0.05, 0) is 33.8 Å². The van der Waals surface area contributed by atoms with Gasteiger partial charge in [0.05, 0.1) is 40.8 Å². The molecule has 1 atom stereocenters. The van der Waals surface area contributed by atoms with Crippen LogP contribution in [0.3, 0.4) is 0 Å². The van der Waals surface area contributed by atoms with Gasteiger partial charge in [-0.1, -0.05) is 0 Å². The molecule has 3 rings (SSSR count). The molecule has 0 saturated carbocycles. The summed E-state index contributed by atoms with van der Waals surface area (Å²) in [5.41, 5.74) is 0.259. The number of halogens is 2. The Kier molecular flexibility index (Phi) is 6.65. The Labute approximate surface area is 182 Å². The standard InChI is InChI=1S/C20H24F2N6O2S/c1-10(2)25-13-7-18(26-14-6-16-15(5-12(14)21)27-31-28-16)23-8-11(13)19(29)24-9-17(22)20(3,4)30/h5-8,10,17,30H,9H2,1-4H3,(H,24,29)(H2,23,25,26)/t17-/m1/s1. The number of nitrogens with one attached hydrogen (secondary N) is 3. The summed E-state index contributed by atoms with van der Waals surface area (Å²) in [6, 6.07) is 4.37. The molecule has 0 fully saturated rings. The summed E-state index contributed by atoms with van der Waals surface area (Å²) in [5.74, 6) is -0.751. The maximum atomic E-state index is 14.4. The number of amides is 1. The molecule has 11 heteroatoms. The van der Waals surface area contributed by atoms with Gasteiger partial charge >= 0.3 is 0 Å². The average molecular weight is 451 g/mol. The van der Waals surface area contributed by atoms with E-state index in [1.165, 1.54) is 32.2 Å². The largest absolute Gasteiger partial charge is 0.387 e. The number of aliphatic hydroxyl groups is 1. The predicted octanol–water partition coefficient (Wildman–Crippen LogP) is 3.63. The first kappa shape index (κ1) is 22.8. The molecule has 1 aromatic carbocycles. The van der Waals surface area contributed by atoms with Crippen LogP contribution in [0.15, 0.2) is 24.4 Å². The lowest BCUT2D eigenvalue weighted by molar-refractivity contribution is -0.00177. The van der Waals surface area contributed by atoms with Crippen LogP contribution in [0.4, 0.5) is 26.0 Å². The van der Waals surface area contributed by atoms with Crippen LogP contribution in [0.1, 0.15) is 38.1 Å². The normalized spacial score (nSPS) is 12.8. The Morgan fingerprint density at radius 1 is 1.19 bits per heavy atom. The van der Waals surface area contributed by atoms with Crippen molar-refractivity contribution in [2.75, 3.05) is 17.2 Å². The highest BCUT2D eigenvalue weighted by Crippen LogP contribution is 2.27. The number of hydrogen-bond acceptors (Lipinski definition) is 8. The first-order chi connectivity index (χ1) is 14.5. The van der Waals surface area contributed by atoms with Crippen molar-refractivity contribution in [3.05, 3.63) is 35.8 Å². The third-order valence-electron chi connectivity index (χ3n) is 4.41. The zero-order valence-electron chi connectivity index (χ0n) is 17.5. The number of nitrogens with zero attached hydrogens (tertiary/aromatic N) is 3. The predicted molar refractivity (Wildman–Crippen MR) is 117 cm³/mol. The van der Waals surface area contributed by atoms with E-state index in [0.29, 0.717) is 22.5 Å². The molecule has 0 radical (unpaired) electrons. The number of alkyl halides is 1. The Bertz CT molecular complexity index is 1080. The van der Waals surface area contributed by atoms with Crippen LogP contribution >= 0.6 is 11.7 Å². The second kappa shape index (κ2) is 9.06. The molecule has 0 aliphatic heterocycles. The van der Waals surface area contributed by atoms with E-state index in [9.17, 15) is 18.7 Å². The summed E-state index contributed by atoms with van der Waals surface area (Å²) in [4.78, 5) is 16.8. The van der Waals surface area contributed by atoms with Gasteiger partial charge in [-0.25, -0.2) is 13.8 Å². The minimum Gasteiger partial charge on any atom is -0.387 e. The Hall–Kier alpha value is -2.92. The number of anilines is 3. The van der Waals surface area contributed by atoms with E-state index in [4.69, 9.17) is 0 Å². The number of hydrogen-bond donors (Lipinski definition) is 4. The van der Waals surface area contributed by atoms with E-state index in [-0.39, 0.29) is 23.8 Å². The summed E-state index contributed by atoms with van der Waals surface area (Å²) in [6.07, 6.45) is -0.314. The quantitative estimate of drug-likeness (QED) is 0.415. The Balaban J connectivity index is 1.83. The van der Waals surface area contributed by atoms with E-state index in [2.05, 4.69) is 29.7 Å². The molecule has 0 unspecified atom stereocenters. The minimum absolute atomic E-state index is 0.0127. The molecule has 4 N–H and O–H groups in total. The minimum atomic E-state index is -1.63. The van der Waals surface area contributed by atoms with Crippen LogP contribution in [0.5, 0.6) is 0 Å². The molecule has 8 nitrogen and oxygen atoms in total. The average Bonchev–Trinajstić information content (AvgIpc) is 3.12. The highest BCUT2D eigenvalue weighted by atomic mass is 32.1. The van der Waals surface area contributed by atoms with Crippen LogP contribution < -0.4 is 16.0 Å². The van der Waals surface area contributed by atoms with Crippen molar-refractivity contribution in [2.24, 2.45) is 0 Å². The highest BCUT2D eigenvalue weighted by molar-refractivity contribution is 7.00. The summed E-state index contributed by atoms with van der Waals surface area (Å²) in [5, 5.41) is 18.2. The molecule has 2 aromatic heterocycles. The molecule has 0 bridgehead atoms. The van der Waals surface area contributed by atoms with E-state index in [1.54, 1.807) is 6.07 Å². The molecular formula is C20H24F2N6O2S. The highest BCUT2D eigenvalue weighted by Gasteiger charge is 2.27. The first-order valence-electron chi connectivity index (χ1n) is 9.64. The molecule has 0 aliphatic carbocycles. The maximum absolute atomic E-state index is 14.4. The summed E-state index contributed by atoms with van der Waals surface area (Å²) < 4.78 is 36.5. The monoisotopic (exact) mass is 450 g/mol. The fourth-order valence-electron chi connectivity index (χ4n) is 2.70. The zero-order valence-corrected chi connectivity index (χ0v) is 18.3. The van der Waals surface area contributed by atoms with Crippen molar-refractivity contribution in [3.8, 4) is 0 Å². The van der Waals surface area contributed by atoms with Crippen molar-refractivity contribution in [1.29, 1.82) is 0 Å². The summed E-state index contributed by atoms with van der Waals surface area (Å²) in [6.45, 7) is 6.09. The van der Waals surface area contributed by atoms with E-state index < -0.39 is 23.5 Å². The van der Waals surface area contributed by atoms with Crippen molar-refractivity contribution in [2.45, 2.75) is 45.5 Å². The smallest absolute Gasteiger partial charge is 0.255 e. The van der Waals surface area contributed by atoms with Gasteiger partial charge < -0.3 is 21.1 Å². The topological polar surface area (TPSA) is 112 Å². The number of fused-ring (bicyclic) bond motifs is 1. The summed E-state index contributed by atoms with van der Waals surface area (Å²) in [7, 11) is 0. The van der Waals surface area contributed by atoms with Gasteiger partial charge in [-0.3, -0.25) is 4.79 Å². The fraction of sp³-hybridized carbons (Fsp3) is 0.400. The van der Waals surface area contributed by atoms with Crippen molar-refractivity contribution >= 4 is 45.9 Å². The lowest BCUT2D eigenvalue weighted by Crippen LogP contribution is -2.42. The maximum Gasteiger partial charge on any atom is 0.255 e. The number of pyridine rings is 1. The van der Waals surface area contributed by atoms with E-state index >= 15 is 0 Å². The van der Waals surface area contributed by atoms with Crippen molar-refractivity contribution < 1.29 is 18.7 Å². The number of benzene rings is 1. The van der Waals surface area contributed by atoms with Crippen molar-refractivity contribution in [1.82, 2.24) is 19.0 Å². The Morgan fingerprint density at radius 2 is 1.87 bits per heavy atom. The molecule has 2 heterocycles. The van der Waals surface area contributed by atoms with E-state index in [0.717, 1.165) is 11.7 Å². The van der Waals surface area contributed by atoms with E-state index in [1.807, 2.05) is 13.8 Å².